The molecule has 0 aliphatic rings. The van der Waals surface area contributed by atoms with E-state index in [9.17, 15) is 4.79 Å². The smallest absolute Gasteiger partial charge is 0.163 e. The second-order valence-electron chi connectivity index (χ2n) is 4.38. The lowest BCUT2D eigenvalue weighted by molar-refractivity contribution is 0.101. The van der Waals surface area contributed by atoms with Crippen molar-refractivity contribution in [3.63, 3.8) is 0 Å². The Morgan fingerprint density at radius 3 is 2.79 bits per heavy atom. The largest absolute Gasteiger partial charge is 0.492 e. The molecule has 0 unspecified atom stereocenters. The van der Waals surface area contributed by atoms with Gasteiger partial charge >= 0.3 is 0 Å². The van der Waals surface area contributed by atoms with E-state index in [0.29, 0.717) is 24.3 Å². The van der Waals surface area contributed by atoms with E-state index in [1.165, 1.54) is 0 Å². The molecule has 19 heavy (non-hydrogen) atoms. The first-order valence-corrected chi connectivity index (χ1v) is 6.33. The summed E-state index contributed by atoms with van der Waals surface area (Å²) in [5.74, 6) is 3.26. The Hall–Kier alpha value is -2.27. The van der Waals surface area contributed by atoms with Crippen molar-refractivity contribution >= 4 is 16.6 Å². The zero-order chi connectivity index (χ0) is 13.7. The van der Waals surface area contributed by atoms with Gasteiger partial charge in [0, 0.05) is 11.8 Å². The van der Waals surface area contributed by atoms with E-state index in [4.69, 9.17) is 11.2 Å². The molecule has 96 valence electrons. The number of ether oxygens (including phenoxy) is 1. The number of carbonyl (C=O) groups is 1. The summed E-state index contributed by atoms with van der Waals surface area (Å²) in [5, 5.41) is 2.04. The van der Waals surface area contributed by atoms with E-state index < -0.39 is 0 Å². The molecule has 0 bridgehead atoms. The fraction of sp³-hybridized carbons (Fsp3) is 0.235. The molecule has 0 aliphatic carbocycles. The molecule has 0 N–H and O–H groups in total. The highest BCUT2D eigenvalue weighted by Crippen LogP contribution is 2.30. The van der Waals surface area contributed by atoms with E-state index >= 15 is 0 Å². The van der Waals surface area contributed by atoms with E-state index in [1.807, 2.05) is 36.4 Å². The molecule has 0 heterocycles. The van der Waals surface area contributed by atoms with Crippen LogP contribution in [0.1, 0.15) is 30.1 Å². The second-order valence-corrected chi connectivity index (χ2v) is 4.38. The lowest BCUT2D eigenvalue weighted by Crippen LogP contribution is -2.03. The van der Waals surface area contributed by atoms with E-state index in [2.05, 4.69) is 5.92 Å². The van der Waals surface area contributed by atoms with Crippen LogP contribution in [-0.4, -0.2) is 12.4 Å². The zero-order valence-electron chi connectivity index (χ0n) is 11.0. The number of hydrogen-bond acceptors (Lipinski definition) is 2. The van der Waals surface area contributed by atoms with Crippen molar-refractivity contribution in [2.45, 2.75) is 19.8 Å². The van der Waals surface area contributed by atoms with Crippen molar-refractivity contribution in [3.8, 4) is 18.1 Å². The van der Waals surface area contributed by atoms with Gasteiger partial charge in [0.2, 0.25) is 0 Å². The number of carbonyl (C=O) groups excluding carboxylic acids is 1. The Labute approximate surface area is 113 Å². The molecule has 0 aliphatic heterocycles. The molecule has 0 saturated heterocycles. The van der Waals surface area contributed by atoms with Crippen molar-refractivity contribution < 1.29 is 9.53 Å². The van der Waals surface area contributed by atoms with Crippen molar-refractivity contribution in [3.05, 3.63) is 42.0 Å². The standard InChI is InChI=1S/C17H16O2/c1-3-4-7-12-19-17-15(13(2)18)11-10-14-8-5-6-9-16(14)17/h1,5-6,8-11H,4,7,12H2,2H3. The molecular formula is C17H16O2. The van der Waals surface area contributed by atoms with Gasteiger partial charge in [-0.15, -0.1) is 12.3 Å². The van der Waals surface area contributed by atoms with Gasteiger partial charge in [0.25, 0.3) is 0 Å². The van der Waals surface area contributed by atoms with Gasteiger partial charge in [0.1, 0.15) is 5.75 Å². The van der Waals surface area contributed by atoms with Crippen LogP contribution in [0, 0.1) is 12.3 Å². The number of hydrogen-bond donors (Lipinski definition) is 0. The number of benzene rings is 2. The average Bonchev–Trinajstić information content (AvgIpc) is 2.43. The van der Waals surface area contributed by atoms with Crippen LogP contribution >= 0.6 is 0 Å². The number of fused-ring (bicyclic) bond motifs is 1. The topological polar surface area (TPSA) is 26.3 Å². The lowest BCUT2D eigenvalue weighted by Gasteiger charge is -2.12. The predicted octanol–water partition coefficient (Wildman–Crippen LogP) is 3.83. The van der Waals surface area contributed by atoms with Crippen LogP contribution in [0.15, 0.2) is 36.4 Å². The molecule has 2 nitrogen and oxygen atoms in total. The van der Waals surface area contributed by atoms with Gasteiger partial charge in [0.15, 0.2) is 5.78 Å². The van der Waals surface area contributed by atoms with Gasteiger partial charge in [0.05, 0.1) is 12.2 Å². The third-order valence-electron chi connectivity index (χ3n) is 2.97. The predicted molar refractivity (Wildman–Crippen MR) is 77.5 cm³/mol. The van der Waals surface area contributed by atoms with Crippen LogP contribution in [0.3, 0.4) is 0 Å². The molecule has 0 spiro atoms. The number of rotatable bonds is 5. The number of ketones is 1. The Kier molecular flexibility index (Phi) is 4.20. The molecule has 2 aromatic rings. The quantitative estimate of drug-likeness (QED) is 0.459. The van der Waals surface area contributed by atoms with E-state index in [0.717, 1.165) is 17.2 Å². The fourth-order valence-electron chi connectivity index (χ4n) is 2.02. The zero-order valence-corrected chi connectivity index (χ0v) is 11.0. The molecule has 0 amide bonds. The van der Waals surface area contributed by atoms with Crippen molar-refractivity contribution in [2.24, 2.45) is 0 Å². The molecule has 2 heteroatoms. The molecule has 0 fully saturated rings. The van der Waals surface area contributed by atoms with E-state index in [1.54, 1.807) is 6.92 Å². The normalized spacial score (nSPS) is 10.1. The van der Waals surface area contributed by atoms with Gasteiger partial charge in [-0.25, -0.2) is 0 Å². The number of unbranched alkanes of at least 4 members (excludes halogenated alkanes) is 1. The van der Waals surface area contributed by atoms with Crippen LogP contribution in [-0.2, 0) is 0 Å². The third kappa shape index (κ3) is 2.95. The van der Waals surface area contributed by atoms with Crippen molar-refractivity contribution in [2.75, 3.05) is 6.61 Å². The van der Waals surface area contributed by atoms with Gasteiger partial charge in [-0.3, -0.25) is 4.79 Å². The number of Topliss-reactive ketones (excluding diaryl/α,β-unsaturated/α-hetero) is 1. The maximum Gasteiger partial charge on any atom is 0.163 e. The van der Waals surface area contributed by atoms with Gasteiger partial charge in [-0.05, 0) is 24.8 Å². The summed E-state index contributed by atoms with van der Waals surface area (Å²) in [6.45, 7) is 2.08. The first-order valence-electron chi connectivity index (χ1n) is 6.33. The van der Waals surface area contributed by atoms with Crippen LogP contribution in [0.5, 0.6) is 5.75 Å². The first kappa shape index (κ1) is 13.2. The Morgan fingerprint density at radius 2 is 2.05 bits per heavy atom. The Bertz CT molecular complexity index is 635. The summed E-state index contributed by atoms with van der Waals surface area (Å²) in [7, 11) is 0. The molecular weight excluding hydrogens is 236 g/mol. The van der Waals surface area contributed by atoms with Crippen molar-refractivity contribution in [1.29, 1.82) is 0 Å². The molecule has 0 aromatic heterocycles. The minimum atomic E-state index is 0.0118. The van der Waals surface area contributed by atoms with Crippen LogP contribution in [0.25, 0.3) is 10.8 Å². The molecule has 2 aromatic carbocycles. The third-order valence-corrected chi connectivity index (χ3v) is 2.97. The molecule has 0 atom stereocenters. The van der Waals surface area contributed by atoms with Crippen LogP contribution < -0.4 is 4.74 Å². The van der Waals surface area contributed by atoms with Crippen LogP contribution in [0.4, 0.5) is 0 Å². The summed E-state index contributed by atoms with van der Waals surface area (Å²) in [6.07, 6.45) is 6.69. The molecule has 0 saturated carbocycles. The average molecular weight is 252 g/mol. The number of terminal acetylenes is 1. The lowest BCUT2D eigenvalue weighted by atomic mass is 10.0. The van der Waals surface area contributed by atoms with Crippen molar-refractivity contribution in [1.82, 2.24) is 0 Å². The Balaban J connectivity index is 2.39. The fourth-order valence-corrected chi connectivity index (χ4v) is 2.02. The van der Waals surface area contributed by atoms with Gasteiger partial charge in [-0.1, -0.05) is 30.3 Å². The first-order chi connectivity index (χ1) is 9.24. The Morgan fingerprint density at radius 1 is 1.26 bits per heavy atom. The van der Waals surface area contributed by atoms with E-state index in [-0.39, 0.29) is 5.78 Å². The highest BCUT2D eigenvalue weighted by atomic mass is 16.5. The summed E-state index contributed by atoms with van der Waals surface area (Å²) in [5.41, 5.74) is 0.624. The molecule has 2 rings (SSSR count). The second kappa shape index (κ2) is 6.06. The SMILES string of the molecule is C#CCCCOc1c(C(C)=O)ccc2ccccc12. The summed E-state index contributed by atoms with van der Waals surface area (Å²) in [6, 6.07) is 11.7. The highest BCUT2D eigenvalue weighted by Gasteiger charge is 2.12. The maximum atomic E-state index is 11.7. The maximum absolute atomic E-state index is 11.7. The summed E-state index contributed by atoms with van der Waals surface area (Å²) in [4.78, 5) is 11.7. The minimum absolute atomic E-state index is 0.0118. The van der Waals surface area contributed by atoms with Gasteiger partial charge in [-0.2, -0.15) is 0 Å². The minimum Gasteiger partial charge on any atom is -0.492 e. The highest BCUT2D eigenvalue weighted by molar-refractivity contribution is 6.03. The molecule has 0 radical (unpaired) electrons. The van der Waals surface area contributed by atoms with Gasteiger partial charge < -0.3 is 4.74 Å². The monoisotopic (exact) mass is 252 g/mol. The van der Waals surface area contributed by atoms with Crippen LogP contribution in [0.2, 0.25) is 0 Å². The summed E-state index contributed by atoms with van der Waals surface area (Å²) < 4.78 is 5.80. The summed E-state index contributed by atoms with van der Waals surface area (Å²) >= 11 is 0.